The number of amides is 3. The molecule has 2 aromatic rings. The van der Waals surface area contributed by atoms with Gasteiger partial charge in [-0.05, 0) is 58.6 Å². The fourth-order valence-corrected chi connectivity index (χ4v) is 4.07. The Morgan fingerprint density at radius 2 is 1.77 bits per heavy atom. The van der Waals surface area contributed by atoms with E-state index in [1.54, 1.807) is 23.6 Å². The molecule has 1 fully saturated rings. The summed E-state index contributed by atoms with van der Waals surface area (Å²) in [7, 11) is 0. The van der Waals surface area contributed by atoms with Crippen LogP contribution < -0.4 is 20.7 Å². The molecule has 0 atom stereocenters. The topological polar surface area (TPSA) is 92.4 Å². The first-order valence-corrected chi connectivity index (χ1v) is 11.3. The van der Waals surface area contributed by atoms with E-state index in [1.165, 1.54) is 17.4 Å². The minimum Gasteiger partial charge on any atom is -0.483 e. The summed E-state index contributed by atoms with van der Waals surface area (Å²) in [6.45, 7) is 5.92. The van der Waals surface area contributed by atoms with Crippen LogP contribution in [0.4, 0.5) is 9.18 Å². The molecule has 168 valence electrons. The maximum absolute atomic E-state index is 13.6. The van der Waals surface area contributed by atoms with E-state index in [-0.39, 0.29) is 41.9 Å². The Morgan fingerprint density at radius 1 is 1.13 bits per heavy atom. The van der Waals surface area contributed by atoms with Crippen LogP contribution >= 0.6 is 11.3 Å². The van der Waals surface area contributed by atoms with Crippen LogP contribution in [0.5, 0.6) is 5.75 Å². The third-order valence-corrected chi connectivity index (χ3v) is 5.68. The van der Waals surface area contributed by atoms with Crippen LogP contribution in [0, 0.1) is 5.82 Å². The zero-order valence-corrected chi connectivity index (χ0v) is 18.9. The predicted octanol–water partition coefficient (Wildman–Crippen LogP) is 4.00. The Bertz CT molecular complexity index is 904. The number of rotatable bonds is 6. The summed E-state index contributed by atoms with van der Waals surface area (Å²) in [6, 6.07) is 6.17. The molecule has 9 heteroatoms. The van der Waals surface area contributed by atoms with Gasteiger partial charge in [0.05, 0.1) is 0 Å². The van der Waals surface area contributed by atoms with Gasteiger partial charge in [0.1, 0.15) is 17.3 Å². The van der Waals surface area contributed by atoms with Gasteiger partial charge in [-0.25, -0.2) is 14.2 Å². The van der Waals surface area contributed by atoms with E-state index < -0.39 is 5.82 Å². The molecular weight excluding hydrogens is 419 g/mol. The normalized spacial score (nSPS) is 18.8. The van der Waals surface area contributed by atoms with Crippen molar-refractivity contribution in [3.63, 3.8) is 0 Å². The Morgan fingerprint density at radius 3 is 2.42 bits per heavy atom. The number of urea groups is 1. The molecule has 0 saturated heterocycles. The Kier molecular flexibility index (Phi) is 7.48. The Hall–Kier alpha value is -2.68. The number of hydrogen-bond donors (Lipinski definition) is 3. The molecule has 1 aromatic heterocycles. The molecule has 0 aliphatic heterocycles. The first-order chi connectivity index (χ1) is 14.7. The highest BCUT2D eigenvalue weighted by atomic mass is 32.1. The molecule has 1 aliphatic rings. The number of carbonyl (C=O) groups excluding carboxylic acids is 2. The quantitative estimate of drug-likeness (QED) is 0.623. The number of nitrogens with one attached hydrogen (secondary N) is 3. The molecule has 0 radical (unpaired) electrons. The van der Waals surface area contributed by atoms with Crippen LogP contribution in [0.15, 0.2) is 29.6 Å². The van der Waals surface area contributed by atoms with E-state index in [4.69, 9.17) is 4.74 Å². The minimum absolute atomic E-state index is 0.0519. The number of nitrogens with zero attached hydrogens (tertiary/aromatic N) is 1. The molecule has 0 spiro atoms. The lowest BCUT2D eigenvalue weighted by atomic mass is 9.91. The predicted molar refractivity (Wildman–Crippen MR) is 118 cm³/mol. The summed E-state index contributed by atoms with van der Waals surface area (Å²) in [5.74, 6) is -0.501. The lowest BCUT2D eigenvalue weighted by Gasteiger charge is -2.30. The second-order valence-corrected chi connectivity index (χ2v) is 9.66. The van der Waals surface area contributed by atoms with Crippen LogP contribution in [0.2, 0.25) is 0 Å². The molecule has 1 heterocycles. The highest BCUT2D eigenvalue weighted by Gasteiger charge is 2.25. The highest BCUT2D eigenvalue weighted by molar-refractivity contribution is 7.09. The number of carbonyl (C=O) groups is 2. The molecule has 3 N–H and O–H groups in total. The number of hydrogen-bond acceptors (Lipinski definition) is 5. The van der Waals surface area contributed by atoms with E-state index in [0.29, 0.717) is 10.7 Å². The van der Waals surface area contributed by atoms with Crippen molar-refractivity contribution in [2.45, 2.75) is 70.7 Å². The van der Waals surface area contributed by atoms with Gasteiger partial charge in [-0.2, -0.15) is 0 Å². The molecule has 1 aliphatic carbocycles. The average Bonchev–Trinajstić information content (AvgIpc) is 3.17. The third kappa shape index (κ3) is 7.20. The van der Waals surface area contributed by atoms with Crippen LogP contribution in [0.25, 0.3) is 0 Å². The fourth-order valence-electron chi connectivity index (χ4n) is 3.39. The number of halogens is 1. The Balaban J connectivity index is 1.42. The maximum Gasteiger partial charge on any atom is 0.315 e. The molecule has 1 aromatic carbocycles. The molecule has 7 nitrogen and oxygen atoms in total. The highest BCUT2D eigenvalue weighted by Crippen LogP contribution is 2.21. The summed E-state index contributed by atoms with van der Waals surface area (Å²) in [6.07, 6.45) is 3.20. The maximum atomic E-state index is 13.6. The van der Waals surface area contributed by atoms with Gasteiger partial charge in [0.25, 0.3) is 5.91 Å². The van der Waals surface area contributed by atoms with Gasteiger partial charge in [0, 0.05) is 23.0 Å². The summed E-state index contributed by atoms with van der Waals surface area (Å²) < 4.78 is 19.1. The van der Waals surface area contributed by atoms with Crippen LogP contribution in [0.3, 0.4) is 0 Å². The summed E-state index contributed by atoms with van der Waals surface area (Å²) in [5, 5.41) is 11.2. The van der Waals surface area contributed by atoms with Crippen LogP contribution in [-0.2, 0) is 6.61 Å². The zero-order valence-electron chi connectivity index (χ0n) is 18.0. The van der Waals surface area contributed by atoms with Gasteiger partial charge in [0.15, 0.2) is 11.6 Å². The summed E-state index contributed by atoms with van der Waals surface area (Å²) in [5.41, 5.74) is 0.0593. The third-order valence-electron chi connectivity index (χ3n) is 4.86. The number of ether oxygens (including phenoxy) is 1. The lowest BCUT2D eigenvalue weighted by molar-refractivity contribution is 0.0919. The van der Waals surface area contributed by atoms with Gasteiger partial charge in [-0.15, -0.1) is 11.3 Å². The number of aromatic nitrogens is 1. The standard InChI is InChI=1S/C22H29FN4O3S/c1-22(2,3)27-21(29)25-15-10-8-14(9-11-15)24-20(28)17-13-31-19(26-17)12-30-18-7-5-4-6-16(18)23/h4-7,13-15H,8-12H2,1-3H3,(H,24,28)(H2,25,27,29). The largest absolute Gasteiger partial charge is 0.483 e. The minimum atomic E-state index is -0.432. The van der Waals surface area contributed by atoms with Gasteiger partial charge in [0.2, 0.25) is 0 Å². The van der Waals surface area contributed by atoms with E-state index in [2.05, 4.69) is 20.9 Å². The smallest absolute Gasteiger partial charge is 0.315 e. The van der Waals surface area contributed by atoms with E-state index >= 15 is 0 Å². The van der Waals surface area contributed by atoms with Crippen molar-refractivity contribution in [3.05, 3.63) is 46.2 Å². The monoisotopic (exact) mass is 448 g/mol. The Labute approximate surface area is 185 Å². The molecule has 31 heavy (non-hydrogen) atoms. The van der Waals surface area contributed by atoms with Crippen LogP contribution in [-0.4, -0.2) is 34.5 Å². The van der Waals surface area contributed by atoms with Crippen molar-refractivity contribution in [1.82, 2.24) is 20.9 Å². The zero-order chi connectivity index (χ0) is 22.4. The van der Waals surface area contributed by atoms with Crippen molar-refractivity contribution in [3.8, 4) is 5.75 Å². The second kappa shape index (κ2) is 10.1. The first kappa shape index (κ1) is 23.0. The van der Waals surface area contributed by atoms with Gasteiger partial charge >= 0.3 is 6.03 Å². The number of benzene rings is 1. The lowest BCUT2D eigenvalue weighted by Crippen LogP contribution is -2.51. The number of thiazole rings is 1. The summed E-state index contributed by atoms with van der Waals surface area (Å²) >= 11 is 1.30. The van der Waals surface area contributed by atoms with Gasteiger partial charge in [-0.3, -0.25) is 4.79 Å². The van der Waals surface area contributed by atoms with Crippen molar-refractivity contribution in [2.24, 2.45) is 0 Å². The molecule has 3 rings (SSSR count). The van der Waals surface area contributed by atoms with E-state index in [0.717, 1.165) is 25.7 Å². The summed E-state index contributed by atoms with van der Waals surface area (Å²) in [4.78, 5) is 28.8. The average molecular weight is 449 g/mol. The molecular formula is C22H29FN4O3S. The molecule has 0 bridgehead atoms. The second-order valence-electron chi connectivity index (χ2n) is 8.72. The van der Waals surface area contributed by atoms with E-state index in [1.807, 2.05) is 20.8 Å². The van der Waals surface area contributed by atoms with E-state index in [9.17, 15) is 14.0 Å². The van der Waals surface area contributed by atoms with Gasteiger partial charge in [-0.1, -0.05) is 12.1 Å². The van der Waals surface area contributed by atoms with Crippen LogP contribution in [0.1, 0.15) is 62.0 Å². The SMILES string of the molecule is CC(C)(C)NC(=O)NC1CCC(NC(=O)c2csc(COc3ccccc3F)n2)CC1. The molecule has 3 amide bonds. The van der Waals surface area contributed by atoms with Gasteiger partial charge < -0.3 is 20.7 Å². The van der Waals surface area contributed by atoms with Crippen molar-refractivity contribution in [1.29, 1.82) is 0 Å². The molecule has 1 saturated carbocycles. The molecule has 0 unspecified atom stereocenters. The fraction of sp³-hybridized carbons (Fsp3) is 0.500. The van der Waals surface area contributed by atoms with Crippen molar-refractivity contribution in [2.75, 3.05) is 0 Å². The number of para-hydroxylation sites is 1. The van der Waals surface area contributed by atoms with Crippen molar-refractivity contribution < 1.29 is 18.7 Å². The first-order valence-electron chi connectivity index (χ1n) is 10.4. The van der Waals surface area contributed by atoms with Crippen molar-refractivity contribution >= 4 is 23.3 Å².